The normalized spacial score (nSPS) is 10.5. The van der Waals surface area contributed by atoms with Crippen LogP contribution in [-0.4, -0.2) is 15.6 Å². The largest absolute Gasteiger partial charge is 0.478 e. The number of benzene rings is 1. The van der Waals surface area contributed by atoms with E-state index in [1.54, 1.807) is 18.2 Å². The summed E-state index contributed by atoms with van der Waals surface area (Å²) in [6, 6.07) is 6.97. The molecule has 2 aromatic rings. The van der Waals surface area contributed by atoms with E-state index >= 15 is 0 Å². The van der Waals surface area contributed by atoms with E-state index in [9.17, 15) is 4.79 Å². The van der Waals surface area contributed by atoms with Gasteiger partial charge in [0.25, 0.3) is 0 Å². The van der Waals surface area contributed by atoms with Crippen molar-refractivity contribution in [1.82, 2.24) is 4.57 Å². The third-order valence-corrected chi connectivity index (χ3v) is 3.32. The Kier molecular flexibility index (Phi) is 4.69. The van der Waals surface area contributed by atoms with Crippen molar-refractivity contribution in [1.29, 1.82) is 0 Å². The van der Waals surface area contributed by atoms with Gasteiger partial charge in [-0.2, -0.15) is 0 Å². The zero-order valence-electron chi connectivity index (χ0n) is 11.3. The number of anilines is 1. The third kappa shape index (κ3) is 3.54. The number of aryl methyl sites for hydroxylation is 1. The van der Waals surface area contributed by atoms with Gasteiger partial charge in [0.05, 0.1) is 10.6 Å². The van der Waals surface area contributed by atoms with Crippen LogP contribution in [0.4, 0.5) is 5.69 Å². The number of aromatic nitrogens is 1. The van der Waals surface area contributed by atoms with Crippen LogP contribution in [0, 0.1) is 0 Å². The van der Waals surface area contributed by atoms with Crippen LogP contribution in [0.3, 0.4) is 0 Å². The molecule has 0 atom stereocenters. The second-order valence-electron chi connectivity index (χ2n) is 4.61. The van der Waals surface area contributed by atoms with Crippen LogP contribution in [0.1, 0.15) is 29.3 Å². The van der Waals surface area contributed by atoms with Gasteiger partial charge in [-0.1, -0.05) is 18.5 Å². The van der Waals surface area contributed by atoms with Gasteiger partial charge in [-0.05, 0) is 36.2 Å². The second kappa shape index (κ2) is 6.48. The number of hydrogen-bond donors (Lipinski definition) is 2. The highest BCUT2D eigenvalue weighted by Crippen LogP contribution is 2.21. The summed E-state index contributed by atoms with van der Waals surface area (Å²) in [5.41, 5.74) is 2.01. The summed E-state index contributed by atoms with van der Waals surface area (Å²) in [7, 11) is 0. The highest BCUT2D eigenvalue weighted by molar-refractivity contribution is 6.33. The van der Waals surface area contributed by atoms with Gasteiger partial charge in [-0.25, -0.2) is 4.79 Å². The van der Waals surface area contributed by atoms with Gasteiger partial charge in [-0.15, -0.1) is 0 Å². The molecule has 0 saturated heterocycles. The second-order valence-corrected chi connectivity index (χ2v) is 5.02. The van der Waals surface area contributed by atoms with Crippen molar-refractivity contribution in [2.24, 2.45) is 0 Å². The maximum atomic E-state index is 11.0. The maximum absolute atomic E-state index is 11.0. The lowest BCUT2D eigenvalue weighted by Gasteiger charge is -2.07. The van der Waals surface area contributed by atoms with Crippen LogP contribution in [0.15, 0.2) is 36.7 Å². The standard InChI is InChI=1S/C15H17ClN2O2/c1-2-6-18-7-5-11(10-18)9-17-12-3-4-14(16)13(8-12)15(19)20/h3-5,7-8,10,17H,2,6,9H2,1H3,(H,19,20). The Morgan fingerprint density at radius 3 is 2.90 bits per heavy atom. The molecule has 1 aromatic heterocycles. The molecule has 0 spiro atoms. The molecule has 20 heavy (non-hydrogen) atoms. The van der Waals surface area contributed by atoms with Crippen molar-refractivity contribution in [3.63, 3.8) is 0 Å². The lowest BCUT2D eigenvalue weighted by Crippen LogP contribution is -2.02. The third-order valence-electron chi connectivity index (χ3n) is 2.99. The van der Waals surface area contributed by atoms with E-state index in [2.05, 4.69) is 29.1 Å². The summed E-state index contributed by atoms with van der Waals surface area (Å²) in [5, 5.41) is 12.5. The molecule has 0 unspecified atom stereocenters. The van der Waals surface area contributed by atoms with Crippen LogP contribution in [-0.2, 0) is 13.1 Å². The monoisotopic (exact) mass is 292 g/mol. The highest BCUT2D eigenvalue weighted by atomic mass is 35.5. The smallest absolute Gasteiger partial charge is 0.337 e. The zero-order chi connectivity index (χ0) is 14.5. The van der Waals surface area contributed by atoms with E-state index in [-0.39, 0.29) is 10.6 Å². The molecule has 0 fully saturated rings. The molecule has 2 rings (SSSR count). The van der Waals surface area contributed by atoms with Crippen LogP contribution >= 0.6 is 11.6 Å². The van der Waals surface area contributed by atoms with Crippen LogP contribution in [0.2, 0.25) is 5.02 Å². The predicted molar refractivity (Wildman–Crippen MR) is 80.5 cm³/mol. The molecule has 1 heterocycles. The van der Waals surface area contributed by atoms with Crippen LogP contribution in [0.25, 0.3) is 0 Å². The topological polar surface area (TPSA) is 54.3 Å². The summed E-state index contributed by atoms with van der Waals surface area (Å²) in [4.78, 5) is 11.0. The fourth-order valence-electron chi connectivity index (χ4n) is 2.00. The number of rotatable bonds is 6. The molecule has 2 N–H and O–H groups in total. The minimum atomic E-state index is -1.02. The van der Waals surface area contributed by atoms with Gasteiger partial charge in [0, 0.05) is 31.2 Å². The molecule has 106 valence electrons. The molecular weight excluding hydrogens is 276 g/mol. The number of carboxylic acids is 1. The van der Waals surface area contributed by atoms with E-state index in [0.717, 1.165) is 24.2 Å². The van der Waals surface area contributed by atoms with Gasteiger partial charge in [0.1, 0.15) is 0 Å². The molecule has 0 radical (unpaired) electrons. The van der Waals surface area contributed by atoms with Crippen molar-refractivity contribution in [3.8, 4) is 0 Å². The van der Waals surface area contributed by atoms with E-state index in [0.29, 0.717) is 6.54 Å². The van der Waals surface area contributed by atoms with Crippen LogP contribution < -0.4 is 5.32 Å². The van der Waals surface area contributed by atoms with Crippen molar-refractivity contribution in [2.75, 3.05) is 5.32 Å². The number of carbonyl (C=O) groups is 1. The maximum Gasteiger partial charge on any atom is 0.337 e. The number of nitrogens with zero attached hydrogens (tertiary/aromatic N) is 1. The average molecular weight is 293 g/mol. The Bertz CT molecular complexity index is 608. The van der Waals surface area contributed by atoms with E-state index in [4.69, 9.17) is 16.7 Å². The summed E-state index contributed by atoms with van der Waals surface area (Å²) in [6.07, 6.45) is 5.23. The number of carboxylic acid groups (broad SMARTS) is 1. The highest BCUT2D eigenvalue weighted by Gasteiger charge is 2.09. The van der Waals surface area contributed by atoms with Gasteiger partial charge >= 0.3 is 5.97 Å². The Labute approximate surface area is 123 Å². The van der Waals surface area contributed by atoms with Crippen molar-refractivity contribution < 1.29 is 9.90 Å². The molecule has 0 bridgehead atoms. The molecule has 5 heteroatoms. The molecule has 0 aliphatic rings. The number of aromatic carboxylic acids is 1. The Morgan fingerprint density at radius 1 is 1.40 bits per heavy atom. The van der Waals surface area contributed by atoms with Gasteiger partial charge in [0.15, 0.2) is 0 Å². The average Bonchev–Trinajstić information content (AvgIpc) is 2.86. The van der Waals surface area contributed by atoms with Gasteiger partial charge < -0.3 is 15.0 Å². The minimum absolute atomic E-state index is 0.111. The predicted octanol–water partition coefficient (Wildman–Crippen LogP) is 3.86. The van der Waals surface area contributed by atoms with Crippen molar-refractivity contribution in [3.05, 3.63) is 52.8 Å². The number of halogens is 1. The molecular formula is C15H17ClN2O2. The molecule has 0 amide bonds. The number of hydrogen-bond acceptors (Lipinski definition) is 2. The number of nitrogens with one attached hydrogen (secondary N) is 1. The summed E-state index contributed by atoms with van der Waals surface area (Å²) < 4.78 is 2.14. The first-order chi connectivity index (χ1) is 9.60. The van der Waals surface area contributed by atoms with E-state index < -0.39 is 5.97 Å². The van der Waals surface area contributed by atoms with Crippen molar-refractivity contribution >= 4 is 23.3 Å². The quantitative estimate of drug-likeness (QED) is 0.850. The Hall–Kier alpha value is -1.94. The SMILES string of the molecule is CCCn1ccc(CNc2ccc(Cl)c(C(=O)O)c2)c1. The molecule has 0 aliphatic heterocycles. The zero-order valence-corrected chi connectivity index (χ0v) is 12.0. The Balaban J connectivity index is 2.03. The van der Waals surface area contributed by atoms with Crippen LogP contribution in [0.5, 0.6) is 0 Å². The lowest BCUT2D eigenvalue weighted by molar-refractivity contribution is 0.0697. The molecule has 4 nitrogen and oxygen atoms in total. The van der Waals surface area contributed by atoms with E-state index in [1.165, 1.54) is 0 Å². The first-order valence-corrected chi connectivity index (χ1v) is 6.89. The summed E-state index contributed by atoms with van der Waals surface area (Å²) in [6.45, 7) is 3.79. The van der Waals surface area contributed by atoms with Crippen molar-refractivity contribution in [2.45, 2.75) is 26.4 Å². The lowest BCUT2D eigenvalue weighted by atomic mass is 10.2. The molecule has 0 saturated carbocycles. The van der Waals surface area contributed by atoms with Gasteiger partial charge in [-0.3, -0.25) is 0 Å². The summed E-state index contributed by atoms with van der Waals surface area (Å²) >= 11 is 5.83. The first-order valence-electron chi connectivity index (χ1n) is 6.51. The molecule has 0 aliphatic carbocycles. The van der Waals surface area contributed by atoms with Gasteiger partial charge in [0.2, 0.25) is 0 Å². The first kappa shape index (κ1) is 14.5. The fourth-order valence-corrected chi connectivity index (χ4v) is 2.19. The van der Waals surface area contributed by atoms with E-state index in [1.807, 2.05) is 6.20 Å². The Morgan fingerprint density at radius 2 is 2.20 bits per heavy atom. The minimum Gasteiger partial charge on any atom is -0.478 e. The summed E-state index contributed by atoms with van der Waals surface area (Å²) in [5.74, 6) is -1.02. The fraction of sp³-hybridized carbons (Fsp3) is 0.267. The molecule has 1 aromatic carbocycles.